The van der Waals surface area contributed by atoms with Crippen LogP contribution in [-0.2, 0) is 11.2 Å². The van der Waals surface area contributed by atoms with Gasteiger partial charge in [-0.25, -0.2) is 4.79 Å². The topological polar surface area (TPSA) is 52.3 Å². The molecule has 0 aromatic heterocycles. The molecule has 1 rings (SSSR count). The lowest BCUT2D eigenvalue weighted by atomic mass is 9.99. The summed E-state index contributed by atoms with van der Waals surface area (Å²) in [6, 6.07) is 3.48. The number of hydrogen-bond donors (Lipinski definition) is 1. The van der Waals surface area contributed by atoms with E-state index in [-0.39, 0.29) is 5.97 Å². The smallest absolute Gasteiger partial charge is 0.337 e. The molecular formula is C12H16BrNO2. The Morgan fingerprint density at radius 2 is 2.12 bits per heavy atom. The molecule has 0 spiro atoms. The molecule has 0 saturated carbocycles. The first-order valence-corrected chi connectivity index (χ1v) is 5.91. The van der Waals surface area contributed by atoms with Crippen LogP contribution in [0.4, 0.5) is 5.69 Å². The highest BCUT2D eigenvalue weighted by molar-refractivity contribution is 9.10. The van der Waals surface area contributed by atoms with Crippen molar-refractivity contribution in [3.63, 3.8) is 0 Å². The summed E-state index contributed by atoms with van der Waals surface area (Å²) < 4.78 is 5.43. The molecule has 0 heterocycles. The molecule has 16 heavy (non-hydrogen) atoms. The quantitative estimate of drug-likeness (QED) is 0.686. The largest absolute Gasteiger partial charge is 0.465 e. The zero-order chi connectivity index (χ0) is 12.3. The number of benzene rings is 1. The standard InChI is InChI=1S/C12H16BrNO2/c1-7(2)4-8-5-9(12(15)16-3)6-10(13)11(8)14/h5-7H,4,14H2,1-3H3. The Bertz CT molecular complexity index is 402. The Labute approximate surface area is 104 Å². The highest BCUT2D eigenvalue weighted by Gasteiger charge is 2.12. The SMILES string of the molecule is COC(=O)c1cc(Br)c(N)c(CC(C)C)c1. The number of hydrogen-bond acceptors (Lipinski definition) is 3. The van der Waals surface area contributed by atoms with Crippen LogP contribution in [0.1, 0.15) is 29.8 Å². The molecule has 88 valence electrons. The summed E-state index contributed by atoms with van der Waals surface area (Å²) in [5.74, 6) is 0.146. The van der Waals surface area contributed by atoms with Gasteiger partial charge in [0.05, 0.1) is 12.7 Å². The number of methoxy groups -OCH3 is 1. The average Bonchev–Trinajstić information content (AvgIpc) is 2.22. The lowest BCUT2D eigenvalue weighted by Gasteiger charge is -2.11. The minimum Gasteiger partial charge on any atom is -0.465 e. The van der Waals surface area contributed by atoms with E-state index < -0.39 is 0 Å². The Morgan fingerprint density at radius 1 is 1.50 bits per heavy atom. The van der Waals surface area contributed by atoms with E-state index in [1.165, 1.54) is 7.11 Å². The van der Waals surface area contributed by atoms with E-state index in [1.54, 1.807) is 12.1 Å². The van der Waals surface area contributed by atoms with E-state index in [1.807, 2.05) is 0 Å². The van der Waals surface area contributed by atoms with Crippen LogP contribution in [0, 0.1) is 5.92 Å². The van der Waals surface area contributed by atoms with E-state index in [9.17, 15) is 4.79 Å². The Morgan fingerprint density at radius 3 is 2.62 bits per heavy atom. The fourth-order valence-corrected chi connectivity index (χ4v) is 2.02. The van der Waals surface area contributed by atoms with Gasteiger partial charge in [-0.15, -0.1) is 0 Å². The van der Waals surface area contributed by atoms with Gasteiger partial charge in [-0.3, -0.25) is 0 Å². The first-order valence-electron chi connectivity index (χ1n) is 5.12. The summed E-state index contributed by atoms with van der Waals surface area (Å²) >= 11 is 3.35. The van der Waals surface area contributed by atoms with Gasteiger partial charge in [0.15, 0.2) is 0 Å². The molecule has 0 aliphatic carbocycles. The monoisotopic (exact) mass is 285 g/mol. The molecular weight excluding hydrogens is 270 g/mol. The summed E-state index contributed by atoms with van der Waals surface area (Å²) in [6.07, 6.45) is 0.843. The van der Waals surface area contributed by atoms with Gasteiger partial charge >= 0.3 is 5.97 Å². The van der Waals surface area contributed by atoms with Gasteiger partial charge in [0.1, 0.15) is 0 Å². The fourth-order valence-electron chi connectivity index (χ4n) is 1.52. The summed E-state index contributed by atoms with van der Waals surface area (Å²) in [4.78, 5) is 11.4. The molecule has 0 radical (unpaired) electrons. The number of ether oxygens (including phenoxy) is 1. The summed E-state index contributed by atoms with van der Waals surface area (Å²) in [6.45, 7) is 4.22. The van der Waals surface area contributed by atoms with Crippen molar-refractivity contribution in [3.05, 3.63) is 27.7 Å². The molecule has 3 nitrogen and oxygen atoms in total. The minimum atomic E-state index is -0.342. The number of carbonyl (C=O) groups excluding carboxylic acids is 1. The number of nitrogens with two attached hydrogens (primary N) is 1. The number of halogens is 1. The van der Waals surface area contributed by atoms with Crippen molar-refractivity contribution in [1.82, 2.24) is 0 Å². The van der Waals surface area contributed by atoms with Crippen molar-refractivity contribution in [2.24, 2.45) is 5.92 Å². The minimum absolute atomic E-state index is 0.342. The Hall–Kier alpha value is -1.03. The Balaban J connectivity index is 3.16. The first-order chi connectivity index (χ1) is 7.45. The second-order valence-electron chi connectivity index (χ2n) is 4.12. The van der Waals surface area contributed by atoms with Gasteiger partial charge in [0, 0.05) is 10.2 Å². The van der Waals surface area contributed by atoms with E-state index in [4.69, 9.17) is 10.5 Å². The van der Waals surface area contributed by atoms with Crippen LogP contribution >= 0.6 is 15.9 Å². The molecule has 1 aromatic carbocycles. The molecule has 4 heteroatoms. The van der Waals surface area contributed by atoms with Crippen molar-refractivity contribution in [2.45, 2.75) is 20.3 Å². The molecule has 0 atom stereocenters. The number of rotatable bonds is 3. The van der Waals surface area contributed by atoms with Gasteiger partial charge in [0.25, 0.3) is 0 Å². The van der Waals surface area contributed by atoms with Gasteiger partial charge in [-0.05, 0) is 46.0 Å². The number of carbonyl (C=O) groups is 1. The van der Waals surface area contributed by atoms with Crippen LogP contribution in [0.15, 0.2) is 16.6 Å². The van der Waals surface area contributed by atoms with Crippen LogP contribution in [0.3, 0.4) is 0 Å². The zero-order valence-corrected chi connectivity index (χ0v) is 11.3. The third-order valence-electron chi connectivity index (χ3n) is 2.26. The molecule has 0 amide bonds. The van der Waals surface area contributed by atoms with Gasteiger partial charge in [-0.2, -0.15) is 0 Å². The number of esters is 1. The van der Waals surface area contributed by atoms with E-state index >= 15 is 0 Å². The molecule has 0 fully saturated rings. The van der Waals surface area contributed by atoms with Crippen LogP contribution in [-0.4, -0.2) is 13.1 Å². The number of nitrogen functional groups attached to an aromatic ring is 1. The maximum atomic E-state index is 11.4. The molecule has 2 N–H and O–H groups in total. The molecule has 0 bridgehead atoms. The molecule has 0 saturated heterocycles. The summed E-state index contributed by atoms with van der Waals surface area (Å²) in [5.41, 5.74) is 8.14. The predicted octanol–water partition coefficient (Wildman–Crippen LogP) is 3.02. The normalized spacial score (nSPS) is 10.6. The molecule has 1 aromatic rings. The fraction of sp³-hybridized carbons (Fsp3) is 0.417. The van der Waals surface area contributed by atoms with Crippen LogP contribution in [0.25, 0.3) is 0 Å². The maximum Gasteiger partial charge on any atom is 0.337 e. The second kappa shape index (κ2) is 5.34. The van der Waals surface area contributed by atoms with Crippen LogP contribution < -0.4 is 5.73 Å². The van der Waals surface area contributed by atoms with Crippen molar-refractivity contribution >= 4 is 27.6 Å². The lowest BCUT2D eigenvalue weighted by molar-refractivity contribution is 0.0600. The van der Waals surface area contributed by atoms with E-state index in [0.717, 1.165) is 16.5 Å². The molecule has 0 aliphatic heterocycles. The van der Waals surface area contributed by atoms with Gasteiger partial charge in [0.2, 0.25) is 0 Å². The van der Waals surface area contributed by atoms with Crippen molar-refractivity contribution in [1.29, 1.82) is 0 Å². The van der Waals surface area contributed by atoms with E-state index in [2.05, 4.69) is 29.8 Å². The van der Waals surface area contributed by atoms with E-state index in [0.29, 0.717) is 17.2 Å². The molecule has 0 unspecified atom stereocenters. The summed E-state index contributed by atoms with van der Waals surface area (Å²) in [7, 11) is 1.37. The van der Waals surface area contributed by atoms with Crippen LogP contribution in [0.5, 0.6) is 0 Å². The summed E-state index contributed by atoms with van der Waals surface area (Å²) in [5, 5.41) is 0. The van der Waals surface area contributed by atoms with Crippen LogP contribution in [0.2, 0.25) is 0 Å². The number of anilines is 1. The maximum absolute atomic E-state index is 11.4. The second-order valence-corrected chi connectivity index (χ2v) is 4.97. The van der Waals surface area contributed by atoms with Gasteiger partial charge in [-0.1, -0.05) is 13.8 Å². The lowest BCUT2D eigenvalue weighted by Crippen LogP contribution is -2.06. The predicted molar refractivity (Wildman–Crippen MR) is 68.4 cm³/mol. The zero-order valence-electron chi connectivity index (χ0n) is 9.71. The third kappa shape index (κ3) is 2.98. The average molecular weight is 286 g/mol. The highest BCUT2D eigenvalue weighted by atomic mass is 79.9. The van der Waals surface area contributed by atoms with Gasteiger partial charge < -0.3 is 10.5 Å². The van der Waals surface area contributed by atoms with Crippen molar-refractivity contribution in [2.75, 3.05) is 12.8 Å². The van der Waals surface area contributed by atoms with Crippen molar-refractivity contribution < 1.29 is 9.53 Å². The first kappa shape index (κ1) is 13.0. The highest BCUT2D eigenvalue weighted by Crippen LogP contribution is 2.27. The van der Waals surface area contributed by atoms with Crippen molar-refractivity contribution in [3.8, 4) is 0 Å². The molecule has 0 aliphatic rings. The Kier molecular flexibility index (Phi) is 4.35. The third-order valence-corrected chi connectivity index (χ3v) is 2.92.